The molecule has 1 aromatic carbocycles. The van der Waals surface area contributed by atoms with Crippen molar-refractivity contribution >= 4 is 34.4 Å². The van der Waals surface area contributed by atoms with Gasteiger partial charge in [-0.3, -0.25) is 9.59 Å². The summed E-state index contributed by atoms with van der Waals surface area (Å²) in [6, 6.07) is 6.54. The minimum Gasteiger partial charge on any atom is -0.362 e. The van der Waals surface area contributed by atoms with Crippen molar-refractivity contribution in [2.24, 2.45) is 0 Å². The molecule has 0 fully saturated rings. The van der Waals surface area contributed by atoms with Crippen LogP contribution in [0.3, 0.4) is 0 Å². The molecule has 15 heavy (non-hydrogen) atoms. The summed E-state index contributed by atoms with van der Waals surface area (Å²) in [7, 11) is 0. The fraction of sp³-hybridized carbons (Fsp3) is 0.200. The van der Waals surface area contributed by atoms with E-state index in [-0.39, 0.29) is 0 Å². The van der Waals surface area contributed by atoms with Gasteiger partial charge in [-0.1, -0.05) is 12.1 Å². The molecular formula is C10H8INO3. The van der Waals surface area contributed by atoms with Gasteiger partial charge in [0.25, 0.3) is 11.8 Å². The fourth-order valence-electron chi connectivity index (χ4n) is 1.56. The molecule has 1 aliphatic heterocycles. The van der Waals surface area contributed by atoms with Gasteiger partial charge >= 0.3 is 0 Å². The number of nitrogens with zero attached hydrogens (tertiary/aromatic N) is 1. The highest BCUT2D eigenvalue weighted by Crippen LogP contribution is 2.31. The maximum Gasteiger partial charge on any atom is 0.264 e. The molecule has 4 nitrogen and oxygen atoms in total. The van der Waals surface area contributed by atoms with E-state index in [1.165, 1.54) is 6.92 Å². The van der Waals surface area contributed by atoms with Crippen LogP contribution in [0.25, 0.3) is 0 Å². The number of alkyl halides is 1. The fourth-order valence-corrected chi connectivity index (χ4v) is 2.00. The second-order valence-corrected chi connectivity index (χ2v) is 5.44. The summed E-state index contributed by atoms with van der Waals surface area (Å²) < 4.78 is -1.50. The first-order chi connectivity index (χ1) is 6.93. The number of fused-ring (bicyclic) bond motifs is 1. The number of hydrogen-bond donors (Lipinski definition) is 1. The standard InChI is InChI=1S/C10H8INO3/c1-10(11,15)12-8(13)6-4-2-3-5-7(6)9(12)14/h2-5,15H,1H3. The van der Waals surface area contributed by atoms with Crippen LogP contribution in [-0.2, 0) is 0 Å². The van der Waals surface area contributed by atoms with Crippen LogP contribution in [-0.4, -0.2) is 25.6 Å². The summed E-state index contributed by atoms with van der Waals surface area (Å²) in [6.45, 7) is 1.40. The van der Waals surface area contributed by atoms with E-state index in [1.54, 1.807) is 46.9 Å². The monoisotopic (exact) mass is 317 g/mol. The maximum atomic E-state index is 11.8. The van der Waals surface area contributed by atoms with Gasteiger partial charge in [0.1, 0.15) is 0 Å². The first-order valence-corrected chi connectivity index (χ1v) is 5.40. The van der Waals surface area contributed by atoms with E-state index < -0.39 is 15.5 Å². The Morgan fingerprint density at radius 2 is 1.60 bits per heavy atom. The van der Waals surface area contributed by atoms with E-state index in [9.17, 15) is 14.7 Å². The highest BCUT2D eigenvalue weighted by Gasteiger charge is 2.43. The lowest BCUT2D eigenvalue weighted by Crippen LogP contribution is -2.44. The van der Waals surface area contributed by atoms with Gasteiger partial charge in [0.2, 0.25) is 0 Å². The minimum absolute atomic E-state index is 0.347. The van der Waals surface area contributed by atoms with Gasteiger partial charge in [-0.2, -0.15) is 0 Å². The van der Waals surface area contributed by atoms with Crippen molar-refractivity contribution in [3.63, 3.8) is 0 Å². The van der Waals surface area contributed by atoms with Crippen LogP contribution in [0.4, 0.5) is 0 Å². The number of imide groups is 1. The highest BCUT2D eigenvalue weighted by molar-refractivity contribution is 14.1. The van der Waals surface area contributed by atoms with Crippen LogP contribution in [0.15, 0.2) is 24.3 Å². The predicted octanol–water partition coefficient (Wildman–Crippen LogP) is 1.38. The Bertz CT molecular complexity index is 415. The number of halogens is 1. The molecule has 0 saturated heterocycles. The van der Waals surface area contributed by atoms with Crippen molar-refractivity contribution in [3.05, 3.63) is 35.4 Å². The van der Waals surface area contributed by atoms with E-state index in [4.69, 9.17) is 0 Å². The van der Waals surface area contributed by atoms with Gasteiger partial charge in [-0.15, -0.1) is 0 Å². The third-order valence-electron chi connectivity index (χ3n) is 2.20. The zero-order valence-corrected chi connectivity index (χ0v) is 10.1. The average molecular weight is 317 g/mol. The predicted molar refractivity (Wildman–Crippen MR) is 61.6 cm³/mol. The second-order valence-electron chi connectivity index (χ2n) is 3.40. The second kappa shape index (κ2) is 3.28. The van der Waals surface area contributed by atoms with Crippen molar-refractivity contribution in [1.82, 2.24) is 4.90 Å². The molecule has 5 heteroatoms. The van der Waals surface area contributed by atoms with Gasteiger partial charge in [-0.05, 0) is 41.6 Å². The van der Waals surface area contributed by atoms with E-state index in [1.807, 2.05) is 0 Å². The van der Waals surface area contributed by atoms with Crippen LogP contribution < -0.4 is 0 Å². The Morgan fingerprint density at radius 1 is 1.20 bits per heavy atom. The SMILES string of the molecule is CC(O)(I)N1C(=O)c2ccccc2C1=O. The molecule has 1 aromatic rings. The van der Waals surface area contributed by atoms with Crippen molar-refractivity contribution in [2.45, 2.75) is 10.7 Å². The van der Waals surface area contributed by atoms with Gasteiger partial charge in [-0.25, -0.2) is 4.90 Å². The largest absolute Gasteiger partial charge is 0.362 e. The molecule has 1 unspecified atom stereocenters. The van der Waals surface area contributed by atoms with Crippen LogP contribution in [0.2, 0.25) is 0 Å². The molecule has 1 atom stereocenters. The molecule has 0 bridgehead atoms. The number of benzene rings is 1. The molecule has 0 radical (unpaired) electrons. The first kappa shape index (κ1) is 10.6. The quantitative estimate of drug-likeness (QED) is 0.368. The maximum absolute atomic E-state index is 11.8. The molecule has 78 valence electrons. The molecule has 0 aromatic heterocycles. The number of aliphatic hydroxyl groups is 1. The zero-order valence-electron chi connectivity index (χ0n) is 7.90. The third-order valence-corrected chi connectivity index (χ3v) is 2.68. The molecule has 0 spiro atoms. The Kier molecular flexibility index (Phi) is 2.31. The summed E-state index contributed by atoms with van der Waals surface area (Å²) in [6.07, 6.45) is 0. The lowest BCUT2D eigenvalue weighted by molar-refractivity contribution is 0.0135. The third kappa shape index (κ3) is 1.55. The van der Waals surface area contributed by atoms with Crippen molar-refractivity contribution < 1.29 is 14.7 Å². The number of rotatable bonds is 1. The summed E-state index contributed by atoms with van der Waals surface area (Å²) >= 11 is 1.65. The zero-order chi connectivity index (χ0) is 11.2. The highest BCUT2D eigenvalue weighted by atomic mass is 127. The van der Waals surface area contributed by atoms with Gasteiger partial charge < -0.3 is 5.11 Å². The number of amides is 2. The van der Waals surface area contributed by atoms with Crippen LogP contribution in [0, 0.1) is 0 Å². The Hall–Kier alpha value is -0.950. The molecule has 1 heterocycles. The Morgan fingerprint density at radius 3 is 1.93 bits per heavy atom. The minimum atomic E-state index is -1.50. The van der Waals surface area contributed by atoms with E-state index in [2.05, 4.69) is 0 Å². The molecular weight excluding hydrogens is 309 g/mol. The first-order valence-electron chi connectivity index (χ1n) is 4.32. The van der Waals surface area contributed by atoms with Gasteiger partial charge in [0.15, 0.2) is 3.73 Å². The van der Waals surface area contributed by atoms with E-state index in [0.29, 0.717) is 11.1 Å². The smallest absolute Gasteiger partial charge is 0.264 e. The van der Waals surface area contributed by atoms with Crippen molar-refractivity contribution in [2.75, 3.05) is 0 Å². The van der Waals surface area contributed by atoms with Gasteiger partial charge in [0, 0.05) is 0 Å². The molecule has 0 saturated carbocycles. The lowest BCUT2D eigenvalue weighted by Gasteiger charge is -2.25. The molecule has 1 aliphatic rings. The Labute approximate surface area is 100 Å². The number of carbonyl (C=O) groups excluding carboxylic acids is 2. The van der Waals surface area contributed by atoms with Crippen LogP contribution in [0.5, 0.6) is 0 Å². The van der Waals surface area contributed by atoms with E-state index >= 15 is 0 Å². The van der Waals surface area contributed by atoms with Crippen LogP contribution in [0.1, 0.15) is 27.6 Å². The van der Waals surface area contributed by atoms with Crippen molar-refractivity contribution in [1.29, 1.82) is 0 Å². The molecule has 0 aliphatic carbocycles. The van der Waals surface area contributed by atoms with Crippen molar-refractivity contribution in [3.8, 4) is 0 Å². The summed E-state index contributed by atoms with van der Waals surface area (Å²) in [5, 5.41) is 9.70. The van der Waals surface area contributed by atoms with E-state index in [0.717, 1.165) is 4.90 Å². The summed E-state index contributed by atoms with van der Waals surface area (Å²) in [5.74, 6) is -0.898. The van der Waals surface area contributed by atoms with Crippen LogP contribution >= 0.6 is 22.6 Å². The molecule has 1 N–H and O–H groups in total. The summed E-state index contributed by atoms with van der Waals surface area (Å²) in [5.41, 5.74) is 0.693. The molecule has 2 rings (SSSR count). The summed E-state index contributed by atoms with van der Waals surface area (Å²) in [4.78, 5) is 24.4. The molecule has 2 amide bonds. The topological polar surface area (TPSA) is 57.6 Å². The Balaban J connectivity index is 2.55. The van der Waals surface area contributed by atoms with Gasteiger partial charge in [0.05, 0.1) is 11.1 Å². The normalized spacial score (nSPS) is 19.0. The average Bonchev–Trinajstić information content (AvgIpc) is 2.39. The number of carbonyl (C=O) groups is 2. The lowest BCUT2D eigenvalue weighted by atomic mass is 10.1. The number of hydrogen-bond acceptors (Lipinski definition) is 3.